The summed E-state index contributed by atoms with van der Waals surface area (Å²) in [6.45, 7) is 1.85. The standard InChI is InChI=1S/C13H12N2O4/c1-9-6-7-14(12(9)13(16)17)8-10-4-2-3-5-11(10)15(18)19/h2-7H,8H2,1H3,(H,16,17). The van der Waals surface area contributed by atoms with E-state index in [-0.39, 0.29) is 17.9 Å². The van der Waals surface area contributed by atoms with E-state index >= 15 is 0 Å². The molecule has 6 heteroatoms. The molecule has 0 saturated carbocycles. The smallest absolute Gasteiger partial charge is 0.352 e. The summed E-state index contributed by atoms with van der Waals surface area (Å²) in [6.07, 6.45) is 1.62. The van der Waals surface area contributed by atoms with Gasteiger partial charge in [-0.1, -0.05) is 18.2 Å². The van der Waals surface area contributed by atoms with Gasteiger partial charge in [0, 0.05) is 17.8 Å². The highest BCUT2D eigenvalue weighted by Gasteiger charge is 2.17. The van der Waals surface area contributed by atoms with Crippen LogP contribution in [0.15, 0.2) is 36.5 Å². The van der Waals surface area contributed by atoms with E-state index in [0.717, 1.165) is 0 Å². The Kier molecular flexibility index (Phi) is 3.33. The number of nitro benzene ring substituents is 1. The third-order valence-electron chi connectivity index (χ3n) is 2.90. The van der Waals surface area contributed by atoms with Crippen LogP contribution in [0.5, 0.6) is 0 Å². The molecule has 0 aliphatic rings. The van der Waals surface area contributed by atoms with E-state index in [1.165, 1.54) is 10.6 Å². The van der Waals surface area contributed by atoms with E-state index in [0.29, 0.717) is 11.1 Å². The lowest BCUT2D eigenvalue weighted by Crippen LogP contribution is -2.11. The number of nitrogens with zero attached hydrogens (tertiary/aromatic N) is 2. The Balaban J connectivity index is 2.42. The number of para-hydroxylation sites is 1. The Morgan fingerprint density at radius 2 is 2.05 bits per heavy atom. The Morgan fingerprint density at radius 1 is 1.37 bits per heavy atom. The summed E-state index contributed by atoms with van der Waals surface area (Å²) in [4.78, 5) is 21.6. The summed E-state index contributed by atoms with van der Waals surface area (Å²) in [5.74, 6) is -1.04. The van der Waals surface area contributed by atoms with Gasteiger partial charge < -0.3 is 9.67 Å². The van der Waals surface area contributed by atoms with E-state index in [1.54, 1.807) is 37.4 Å². The first-order valence-corrected chi connectivity index (χ1v) is 5.62. The molecular weight excluding hydrogens is 248 g/mol. The monoisotopic (exact) mass is 260 g/mol. The summed E-state index contributed by atoms with van der Waals surface area (Å²) in [5, 5.41) is 20.1. The quantitative estimate of drug-likeness (QED) is 0.675. The van der Waals surface area contributed by atoms with Crippen molar-refractivity contribution in [2.45, 2.75) is 13.5 Å². The highest BCUT2D eigenvalue weighted by atomic mass is 16.6. The van der Waals surface area contributed by atoms with Gasteiger partial charge in [-0.25, -0.2) is 4.79 Å². The van der Waals surface area contributed by atoms with E-state index in [4.69, 9.17) is 5.11 Å². The summed E-state index contributed by atoms with van der Waals surface area (Å²) in [6, 6.07) is 7.99. The number of carboxylic acid groups (broad SMARTS) is 1. The van der Waals surface area contributed by atoms with E-state index in [9.17, 15) is 14.9 Å². The summed E-state index contributed by atoms with van der Waals surface area (Å²) in [5.41, 5.74) is 1.25. The molecule has 0 aliphatic carbocycles. The van der Waals surface area contributed by atoms with Crippen molar-refractivity contribution in [2.75, 3.05) is 0 Å². The van der Waals surface area contributed by atoms with Crippen LogP contribution in [0.2, 0.25) is 0 Å². The number of aromatic carboxylic acids is 1. The highest BCUT2D eigenvalue weighted by molar-refractivity contribution is 5.87. The van der Waals surface area contributed by atoms with Gasteiger partial charge in [-0.05, 0) is 18.6 Å². The van der Waals surface area contributed by atoms with E-state index in [2.05, 4.69) is 0 Å². The molecule has 2 rings (SSSR count). The Bertz CT molecular complexity index is 646. The second-order valence-electron chi connectivity index (χ2n) is 4.17. The molecule has 0 aliphatic heterocycles. The number of carboxylic acids is 1. The van der Waals surface area contributed by atoms with Crippen LogP contribution in [0, 0.1) is 17.0 Å². The summed E-state index contributed by atoms with van der Waals surface area (Å²) in [7, 11) is 0. The maximum absolute atomic E-state index is 11.2. The lowest BCUT2D eigenvalue weighted by Gasteiger charge is -2.07. The molecule has 0 bridgehead atoms. The van der Waals surface area contributed by atoms with Crippen molar-refractivity contribution in [1.29, 1.82) is 0 Å². The van der Waals surface area contributed by atoms with E-state index in [1.807, 2.05) is 0 Å². The molecular formula is C13H12N2O4. The third kappa shape index (κ3) is 2.47. The molecule has 98 valence electrons. The Labute approximate surface area is 109 Å². The van der Waals surface area contributed by atoms with Crippen LogP contribution < -0.4 is 0 Å². The van der Waals surface area contributed by atoms with Crippen LogP contribution in [-0.4, -0.2) is 20.6 Å². The van der Waals surface area contributed by atoms with Gasteiger partial charge in [-0.15, -0.1) is 0 Å². The molecule has 19 heavy (non-hydrogen) atoms. The van der Waals surface area contributed by atoms with Gasteiger partial charge in [0.15, 0.2) is 0 Å². The number of aryl methyl sites for hydroxylation is 1. The lowest BCUT2D eigenvalue weighted by molar-refractivity contribution is -0.385. The SMILES string of the molecule is Cc1ccn(Cc2ccccc2[N+](=O)[O-])c1C(=O)O. The number of hydrogen-bond acceptors (Lipinski definition) is 3. The number of carbonyl (C=O) groups is 1. The fourth-order valence-corrected chi connectivity index (χ4v) is 2.01. The molecule has 1 N–H and O–H groups in total. The fraction of sp³-hybridized carbons (Fsp3) is 0.154. The van der Waals surface area contributed by atoms with Crippen molar-refractivity contribution in [3.05, 3.63) is 63.5 Å². The molecule has 2 aromatic rings. The van der Waals surface area contributed by atoms with Crippen LogP contribution >= 0.6 is 0 Å². The molecule has 1 aromatic heterocycles. The predicted molar refractivity (Wildman–Crippen MR) is 68.3 cm³/mol. The Morgan fingerprint density at radius 3 is 2.68 bits per heavy atom. The average Bonchev–Trinajstić information content (AvgIpc) is 2.71. The minimum absolute atomic E-state index is 0.00908. The van der Waals surface area contributed by atoms with Crippen molar-refractivity contribution in [1.82, 2.24) is 4.57 Å². The zero-order chi connectivity index (χ0) is 14.0. The fourth-order valence-electron chi connectivity index (χ4n) is 2.01. The molecule has 0 amide bonds. The maximum Gasteiger partial charge on any atom is 0.352 e. The average molecular weight is 260 g/mol. The second-order valence-corrected chi connectivity index (χ2v) is 4.17. The second kappa shape index (κ2) is 4.93. The van der Waals surface area contributed by atoms with Gasteiger partial charge in [0.2, 0.25) is 0 Å². The normalized spacial score (nSPS) is 10.4. The number of hydrogen-bond donors (Lipinski definition) is 1. The molecule has 0 fully saturated rings. The molecule has 1 heterocycles. The number of aromatic nitrogens is 1. The van der Waals surface area contributed by atoms with Crippen molar-refractivity contribution < 1.29 is 14.8 Å². The van der Waals surface area contributed by atoms with Crippen LogP contribution in [0.1, 0.15) is 21.6 Å². The van der Waals surface area contributed by atoms with Crippen LogP contribution in [0.4, 0.5) is 5.69 Å². The van der Waals surface area contributed by atoms with E-state index < -0.39 is 10.9 Å². The predicted octanol–water partition coefficient (Wildman–Crippen LogP) is 2.45. The maximum atomic E-state index is 11.2. The molecule has 6 nitrogen and oxygen atoms in total. The zero-order valence-electron chi connectivity index (χ0n) is 10.2. The van der Waals surface area contributed by atoms with Gasteiger partial charge in [0.25, 0.3) is 5.69 Å². The molecule has 0 saturated heterocycles. The van der Waals surface area contributed by atoms with Crippen molar-refractivity contribution in [3.8, 4) is 0 Å². The molecule has 0 unspecified atom stereocenters. The largest absolute Gasteiger partial charge is 0.477 e. The zero-order valence-corrected chi connectivity index (χ0v) is 10.2. The van der Waals surface area contributed by atoms with Gasteiger partial charge in [0.1, 0.15) is 5.69 Å². The molecule has 1 aromatic carbocycles. The highest BCUT2D eigenvalue weighted by Crippen LogP contribution is 2.20. The summed E-state index contributed by atoms with van der Waals surface area (Å²) >= 11 is 0. The minimum atomic E-state index is -1.04. The molecule has 0 atom stereocenters. The minimum Gasteiger partial charge on any atom is -0.477 e. The topological polar surface area (TPSA) is 85.4 Å². The van der Waals surface area contributed by atoms with Gasteiger partial charge >= 0.3 is 5.97 Å². The lowest BCUT2D eigenvalue weighted by atomic mass is 10.1. The molecule has 0 spiro atoms. The van der Waals surface area contributed by atoms with Crippen LogP contribution in [-0.2, 0) is 6.54 Å². The first-order chi connectivity index (χ1) is 9.00. The number of benzene rings is 1. The first-order valence-electron chi connectivity index (χ1n) is 5.62. The van der Waals surface area contributed by atoms with Crippen molar-refractivity contribution in [2.24, 2.45) is 0 Å². The molecule has 0 radical (unpaired) electrons. The van der Waals surface area contributed by atoms with Gasteiger partial charge in [0.05, 0.1) is 11.5 Å². The van der Waals surface area contributed by atoms with Gasteiger partial charge in [-0.3, -0.25) is 10.1 Å². The van der Waals surface area contributed by atoms with Crippen molar-refractivity contribution >= 4 is 11.7 Å². The van der Waals surface area contributed by atoms with Gasteiger partial charge in [-0.2, -0.15) is 0 Å². The summed E-state index contributed by atoms with van der Waals surface area (Å²) < 4.78 is 1.50. The van der Waals surface area contributed by atoms with Crippen molar-refractivity contribution in [3.63, 3.8) is 0 Å². The number of nitro groups is 1. The Hall–Kier alpha value is -2.63. The van der Waals surface area contributed by atoms with Crippen LogP contribution in [0.3, 0.4) is 0 Å². The number of rotatable bonds is 4. The van der Waals surface area contributed by atoms with Crippen LogP contribution in [0.25, 0.3) is 0 Å². The third-order valence-corrected chi connectivity index (χ3v) is 2.90. The first kappa shape index (κ1) is 12.8.